The minimum atomic E-state index is -3.68. The Kier molecular flexibility index (Phi) is 4.48. The van der Waals surface area contributed by atoms with E-state index in [0.29, 0.717) is 6.54 Å². The second-order valence-electron chi connectivity index (χ2n) is 5.06. The third kappa shape index (κ3) is 3.03. The van der Waals surface area contributed by atoms with Crippen molar-refractivity contribution in [3.63, 3.8) is 0 Å². The zero-order valence-corrected chi connectivity index (χ0v) is 14.1. The molecule has 1 atom stereocenters. The van der Waals surface area contributed by atoms with E-state index in [4.69, 9.17) is 5.14 Å². The van der Waals surface area contributed by atoms with E-state index in [1.807, 2.05) is 25.7 Å². The van der Waals surface area contributed by atoms with E-state index in [1.54, 1.807) is 17.8 Å². The number of carbonyl (C=O) groups excluding carboxylic acids is 1. The van der Waals surface area contributed by atoms with Gasteiger partial charge in [-0.15, -0.1) is 23.1 Å². The highest BCUT2D eigenvalue weighted by atomic mass is 32.3. The van der Waals surface area contributed by atoms with Crippen molar-refractivity contribution in [2.45, 2.75) is 35.2 Å². The molecule has 2 N–H and O–H groups in total. The highest BCUT2D eigenvalue weighted by Gasteiger charge is 2.30. The van der Waals surface area contributed by atoms with Gasteiger partial charge in [-0.05, 0) is 13.0 Å². The third-order valence-corrected chi connectivity index (χ3v) is 7.10. The first-order chi connectivity index (χ1) is 9.21. The monoisotopic (exact) mass is 334 g/mol. The molecule has 1 aromatic heterocycles. The van der Waals surface area contributed by atoms with Gasteiger partial charge in [0.1, 0.15) is 4.21 Å². The van der Waals surface area contributed by atoms with Crippen molar-refractivity contribution in [3.8, 4) is 0 Å². The summed E-state index contributed by atoms with van der Waals surface area (Å²) in [5.41, 5.74) is 0.885. The Labute approximate surface area is 127 Å². The molecule has 1 aromatic rings. The number of rotatable bonds is 2. The molecule has 0 bridgehead atoms. The molecule has 112 valence electrons. The van der Waals surface area contributed by atoms with Gasteiger partial charge in [0.25, 0.3) is 0 Å². The first kappa shape index (κ1) is 15.8. The van der Waals surface area contributed by atoms with Crippen LogP contribution in [-0.2, 0) is 14.8 Å². The second kappa shape index (κ2) is 5.67. The molecule has 0 aromatic carbocycles. The van der Waals surface area contributed by atoms with Gasteiger partial charge in [0.2, 0.25) is 15.9 Å². The molecule has 0 unspecified atom stereocenters. The topological polar surface area (TPSA) is 80.5 Å². The summed E-state index contributed by atoms with van der Waals surface area (Å²) < 4.78 is 24.0. The Hall–Kier alpha value is -0.570. The van der Waals surface area contributed by atoms with Crippen molar-refractivity contribution in [2.24, 2.45) is 11.1 Å². The summed E-state index contributed by atoms with van der Waals surface area (Å²) in [6.07, 6.45) is 0. The van der Waals surface area contributed by atoms with E-state index >= 15 is 0 Å². The van der Waals surface area contributed by atoms with E-state index in [-0.39, 0.29) is 22.1 Å². The van der Waals surface area contributed by atoms with E-state index in [9.17, 15) is 13.2 Å². The lowest BCUT2D eigenvalue weighted by atomic mass is 10.1. The quantitative estimate of drug-likeness (QED) is 0.897. The standard InChI is InChI=1S/C12H18N2O3S3/c1-7(2)11(15)14-4-5-18-12-9(8(14)3)6-10(19-12)20(13,16)17/h6-8H,4-5H2,1-3H3,(H2,13,16,17)/t8-/m0/s1. The average molecular weight is 334 g/mol. The summed E-state index contributed by atoms with van der Waals surface area (Å²) in [6.45, 7) is 6.36. The zero-order chi connectivity index (χ0) is 15.1. The van der Waals surface area contributed by atoms with Crippen LogP contribution in [0.2, 0.25) is 0 Å². The van der Waals surface area contributed by atoms with Gasteiger partial charge in [-0.25, -0.2) is 13.6 Å². The Bertz CT molecular complexity index is 622. The van der Waals surface area contributed by atoms with Crippen LogP contribution in [0.4, 0.5) is 0 Å². The maximum absolute atomic E-state index is 12.3. The van der Waals surface area contributed by atoms with Crippen molar-refractivity contribution in [2.75, 3.05) is 12.3 Å². The van der Waals surface area contributed by atoms with E-state index in [1.165, 1.54) is 11.3 Å². The predicted molar refractivity (Wildman–Crippen MR) is 81.4 cm³/mol. The van der Waals surface area contributed by atoms with E-state index in [2.05, 4.69) is 0 Å². The molecule has 5 nitrogen and oxygen atoms in total. The van der Waals surface area contributed by atoms with Crippen LogP contribution in [0.15, 0.2) is 14.5 Å². The fourth-order valence-corrected chi connectivity index (χ4v) is 5.65. The van der Waals surface area contributed by atoms with Crippen molar-refractivity contribution in [3.05, 3.63) is 11.6 Å². The van der Waals surface area contributed by atoms with Gasteiger partial charge in [0, 0.05) is 23.8 Å². The lowest BCUT2D eigenvalue weighted by Gasteiger charge is -2.29. The first-order valence-corrected chi connectivity index (χ1v) is 9.66. The molecule has 0 radical (unpaired) electrons. The number of thioether (sulfide) groups is 1. The van der Waals surface area contributed by atoms with E-state index < -0.39 is 10.0 Å². The summed E-state index contributed by atoms with van der Waals surface area (Å²) in [7, 11) is -3.68. The van der Waals surface area contributed by atoms with Crippen LogP contribution >= 0.6 is 23.1 Å². The number of sulfonamides is 1. The van der Waals surface area contributed by atoms with Crippen molar-refractivity contribution in [1.29, 1.82) is 0 Å². The number of hydrogen-bond acceptors (Lipinski definition) is 5. The largest absolute Gasteiger partial charge is 0.335 e. The smallest absolute Gasteiger partial charge is 0.247 e. The molecule has 0 saturated heterocycles. The van der Waals surface area contributed by atoms with Crippen LogP contribution in [0.1, 0.15) is 32.4 Å². The number of hydrogen-bond donors (Lipinski definition) is 1. The molecule has 2 rings (SSSR count). The van der Waals surface area contributed by atoms with Crippen LogP contribution < -0.4 is 5.14 Å². The van der Waals surface area contributed by atoms with Crippen LogP contribution in [0.3, 0.4) is 0 Å². The maximum Gasteiger partial charge on any atom is 0.247 e. The maximum atomic E-state index is 12.3. The SMILES string of the molecule is CC(C)C(=O)N1CCSc2sc(S(N)(=O)=O)cc2[C@@H]1C. The number of amides is 1. The van der Waals surface area contributed by atoms with Crippen molar-refractivity contribution >= 4 is 39.0 Å². The van der Waals surface area contributed by atoms with Crippen LogP contribution in [0.25, 0.3) is 0 Å². The van der Waals surface area contributed by atoms with Gasteiger partial charge in [-0.1, -0.05) is 13.8 Å². The highest BCUT2D eigenvalue weighted by molar-refractivity contribution is 8.01. The normalized spacial score (nSPS) is 19.9. The zero-order valence-electron chi connectivity index (χ0n) is 11.6. The fraction of sp³-hybridized carbons (Fsp3) is 0.583. The number of fused-ring (bicyclic) bond motifs is 1. The Morgan fingerprint density at radius 3 is 2.70 bits per heavy atom. The van der Waals surface area contributed by atoms with Crippen molar-refractivity contribution in [1.82, 2.24) is 4.90 Å². The third-order valence-electron chi connectivity index (χ3n) is 3.24. The number of thiophene rings is 1. The van der Waals surface area contributed by atoms with Crippen LogP contribution in [0.5, 0.6) is 0 Å². The molecule has 0 saturated carbocycles. The molecule has 1 aliphatic rings. The Balaban J connectivity index is 2.41. The predicted octanol–water partition coefficient (Wildman–Crippen LogP) is 2.05. The summed E-state index contributed by atoms with van der Waals surface area (Å²) >= 11 is 2.78. The molecule has 8 heteroatoms. The van der Waals surface area contributed by atoms with Gasteiger partial charge >= 0.3 is 0 Å². The highest BCUT2D eigenvalue weighted by Crippen LogP contribution is 2.41. The van der Waals surface area contributed by atoms with Gasteiger partial charge in [0.15, 0.2) is 0 Å². The number of carbonyl (C=O) groups is 1. The summed E-state index contributed by atoms with van der Waals surface area (Å²) in [6, 6.07) is 1.49. The van der Waals surface area contributed by atoms with E-state index in [0.717, 1.165) is 15.5 Å². The lowest BCUT2D eigenvalue weighted by molar-refractivity contribution is -0.136. The van der Waals surface area contributed by atoms with Crippen molar-refractivity contribution < 1.29 is 13.2 Å². The van der Waals surface area contributed by atoms with Crippen LogP contribution in [-0.4, -0.2) is 31.5 Å². The van der Waals surface area contributed by atoms with Gasteiger partial charge in [0.05, 0.1) is 10.3 Å². The summed E-state index contributed by atoms with van der Waals surface area (Å²) in [5, 5.41) is 5.19. The Morgan fingerprint density at radius 2 is 2.15 bits per heavy atom. The number of nitrogens with zero attached hydrogens (tertiary/aromatic N) is 1. The Morgan fingerprint density at radius 1 is 1.50 bits per heavy atom. The van der Waals surface area contributed by atoms with Crippen LogP contribution in [0, 0.1) is 5.92 Å². The molecule has 2 heterocycles. The molecule has 0 spiro atoms. The molecule has 1 amide bonds. The number of primary sulfonamides is 1. The minimum absolute atomic E-state index is 0.0691. The molecule has 0 fully saturated rings. The van der Waals surface area contributed by atoms with Gasteiger partial charge in [-0.3, -0.25) is 4.79 Å². The molecular weight excluding hydrogens is 316 g/mol. The molecule has 20 heavy (non-hydrogen) atoms. The number of nitrogens with two attached hydrogens (primary N) is 1. The fourth-order valence-electron chi connectivity index (χ4n) is 2.14. The molecule has 0 aliphatic carbocycles. The summed E-state index contributed by atoms with van der Waals surface area (Å²) in [5.74, 6) is 0.787. The lowest BCUT2D eigenvalue weighted by Crippen LogP contribution is -2.37. The van der Waals surface area contributed by atoms with Gasteiger partial charge in [-0.2, -0.15) is 0 Å². The minimum Gasteiger partial charge on any atom is -0.335 e. The summed E-state index contributed by atoms with van der Waals surface area (Å²) in [4.78, 5) is 14.1. The molecule has 1 aliphatic heterocycles. The molecular formula is C12H18N2O3S3. The first-order valence-electron chi connectivity index (χ1n) is 6.31. The second-order valence-corrected chi connectivity index (χ2v) is 9.27. The van der Waals surface area contributed by atoms with Gasteiger partial charge < -0.3 is 4.90 Å². The average Bonchev–Trinajstić information content (AvgIpc) is 2.71.